The van der Waals surface area contributed by atoms with E-state index in [1.165, 1.54) is 12.0 Å². The van der Waals surface area contributed by atoms with Gasteiger partial charge in [0.1, 0.15) is 6.10 Å². The number of ether oxygens (including phenoxy) is 2. The minimum absolute atomic E-state index is 0.128. The van der Waals surface area contributed by atoms with Gasteiger partial charge in [-0.15, -0.1) is 0 Å². The van der Waals surface area contributed by atoms with Gasteiger partial charge >= 0.3 is 6.09 Å². The molecule has 20 heavy (non-hydrogen) atoms. The fourth-order valence-electron chi connectivity index (χ4n) is 2.02. The van der Waals surface area contributed by atoms with Crippen LogP contribution in [0.4, 0.5) is 16.2 Å². The molecule has 1 atom stereocenters. The summed E-state index contributed by atoms with van der Waals surface area (Å²) >= 11 is 0. The molecule has 0 radical (unpaired) electrons. The summed E-state index contributed by atoms with van der Waals surface area (Å²) in [4.78, 5) is 24.6. The number of nitrogens with one attached hydrogen (secondary N) is 1. The normalized spacial score (nSPS) is 17.6. The largest absolute Gasteiger partial charge is 0.452 e. The Kier molecular flexibility index (Phi) is 4.57. The molecule has 1 heterocycles. The van der Waals surface area contributed by atoms with Crippen molar-refractivity contribution in [2.45, 2.75) is 18.9 Å². The Balaban J connectivity index is 1.97. The summed E-state index contributed by atoms with van der Waals surface area (Å²) in [5, 5.41) is 2.79. The lowest BCUT2D eigenvalue weighted by molar-refractivity contribution is -0.124. The molecule has 1 aromatic rings. The van der Waals surface area contributed by atoms with Gasteiger partial charge in [0.05, 0.1) is 7.11 Å². The highest BCUT2D eigenvalue weighted by Gasteiger charge is 2.23. The molecule has 1 saturated heterocycles. The summed E-state index contributed by atoms with van der Waals surface area (Å²) in [6.45, 7) is 0.640. The van der Waals surface area contributed by atoms with Gasteiger partial charge in [0, 0.05) is 25.0 Å². The molecule has 1 aliphatic heterocycles. The predicted octanol–water partition coefficient (Wildman–Crippen LogP) is 2.01. The number of benzene rings is 1. The van der Waals surface area contributed by atoms with Crippen LogP contribution in [0.3, 0.4) is 0 Å². The van der Waals surface area contributed by atoms with Gasteiger partial charge in [-0.3, -0.25) is 9.69 Å². The Morgan fingerprint density at radius 3 is 2.60 bits per heavy atom. The van der Waals surface area contributed by atoms with Crippen molar-refractivity contribution in [3.63, 3.8) is 0 Å². The van der Waals surface area contributed by atoms with Crippen LogP contribution in [0.25, 0.3) is 0 Å². The molecule has 1 unspecified atom stereocenters. The monoisotopic (exact) mass is 278 g/mol. The van der Waals surface area contributed by atoms with Crippen molar-refractivity contribution in [1.82, 2.24) is 0 Å². The Morgan fingerprint density at radius 1 is 1.35 bits per heavy atom. The molecule has 6 heteroatoms. The third-order valence-corrected chi connectivity index (χ3v) is 3.19. The molecule has 0 spiro atoms. The van der Waals surface area contributed by atoms with Gasteiger partial charge in [0.25, 0.3) is 5.91 Å². The molecule has 6 nitrogen and oxygen atoms in total. The molecular weight excluding hydrogens is 260 g/mol. The third-order valence-electron chi connectivity index (χ3n) is 3.19. The van der Waals surface area contributed by atoms with Gasteiger partial charge in [-0.25, -0.2) is 4.79 Å². The van der Waals surface area contributed by atoms with Gasteiger partial charge < -0.3 is 14.8 Å². The standard InChI is InChI=1S/C14H18N2O4/c1-16(14(18)19-2)11-7-5-10(6-8-11)15-13(17)12-4-3-9-20-12/h5-8,12H,3-4,9H2,1-2H3,(H,15,17). The van der Waals surface area contributed by atoms with Gasteiger partial charge in [0.2, 0.25) is 0 Å². The first-order valence-corrected chi connectivity index (χ1v) is 6.46. The lowest BCUT2D eigenvalue weighted by Crippen LogP contribution is -2.27. The minimum atomic E-state index is -0.443. The van der Waals surface area contributed by atoms with Crippen molar-refractivity contribution in [1.29, 1.82) is 0 Å². The zero-order chi connectivity index (χ0) is 14.5. The first kappa shape index (κ1) is 14.3. The summed E-state index contributed by atoms with van der Waals surface area (Å²) in [7, 11) is 2.95. The predicted molar refractivity (Wildman–Crippen MR) is 74.9 cm³/mol. The number of rotatable bonds is 3. The molecular formula is C14H18N2O4. The molecule has 0 aromatic heterocycles. The van der Waals surface area contributed by atoms with Crippen molar-refractivity contribution >= 4 is 23.4 Å². The zero-order valence-electron chi connectivity index (χ0n) is 11.6. The van der Waals surface area contributed by atoms with Crippen molar-refractivity contribution in [3.05, 3.63) is 24.3 Å². The summed E-state index contributed by atoms with van der Waals surface area (Å²) in [6, 6.07) is 6.95. The number of hydrogen-bond donors (Lipinski definition) is 1. The third kappa shape index (κ3) is 3.27. The molecule has 1 aliphatic rings. The average Bonchev–Trinajstić information content (AvgIpc) is 3.01. The maximum atomic E-state index is 11.9. The van der Waals surface area contributed by atoms with Crippen LogP contribution in [0, 0.1) is 0 Å². The smallest absolute Gasteiger partial charge is 0.413 e. The van der Waals surface area contributed by atoms with Crippen LogP contribution in [0.2, 0.25) is 0 Å². The zero-order valence-corrected chi connectivity index (χ0v) is 11.6. The van der Waals surface area contributed by atoms with Crippen LogP contribution in [0.1, 0.15) is 12.8 Å². The van der Waals surface area contributed by atoms with E-state index in [0.29, 0.717) is 18.0 Å². The number of amides is 2. The SMILES string of the molecule is COC(=O)N(C)c1ccc(NC(=O)C2CCCO2)cc1. The van der Waals surface area contributed by atoms with E-state index in [-0.39, 0.29) is 12.0 Å². The molecule has 2 amide bonds. The van der Waals surface area contributed by atoms with E-state index in [0.717, 1.165) is 12.8 Å². The van der Waals surface area contributed by atoms with Crippen molar-refractivity contribution in [2.75, 3.05) is 31.0 Å². The Morgan fingerprint density at radius 2 is 2.05 bits per heavy atom. The summed E-state index contributed by atoms with van der Waals surface area (Å²) < 4.78 is 9.94. The van der Waals surface area contributed by atoms with E-state index in [2.05, 4.69) is 10.1 Å². The van der Waals surface area contributed by atoms with E-state index >= 15 is 0 Å². The highest BCUT2D eigenvalue weighted by atomic mass is 16.5. The molecule has 1 fully saturated rings. The van der Waals surface area contributed by atoms with Crippen LogP contribution in [0.5, 0.6) is 0 Å². The quantitative estimate of drug-likeness (QED) is 0.918. The second-order valence-corrected chi connectivity index (χ2v) is 4.57. The number of methoxy groups -OCH3 is 1. The van der Waals surface area contributed by atoms with Gasteiger partial charge in [-0.1, -0.05) is 0 Å². The van der Waals surface area contributed by atoms with Gasteiger partial charge in [0.15, 0.2) is 0 Å². The molecule has 108 valence electrons. The van der Waals surface area contributed by atoms with Crippen molar-refractivity contribution < 1.29 is 19.1 Å². The van der Waals surface area contributed by atoms with Crippen LogP contribution >= 0.6 is 0 Å². The van der Waals surface area contributed by atoms with Gasteiger partial charge in [-0.05, 0) is 37.1 Å². The first-order chi connectivity index (χ1) is 9.61. The summed E-state index contributed by atoms with van der Waals surface area (Å²) in [5.74, 6) is -0.128. The fourth-order valence-corrected chi connectivity index (χ4v) is 2.02. The van der Waals surface area contributed by atoms with Gasteiger partial charge in [-0.2, -0.15) is 0 Å². The van der Waals surface area contributed by atoms with Crippen LogP contribution in [-0.4, -0.2) is 38.9 Å². The molecule has 0 aliphatic carbocycles. The van der Waals surface area contributed by atoms with Crippen molar-refractivity contribution in [2.24, 2.45) is 0 Å². The van der Waals surface area contributed by atoms with Crippen LogP contribution in [-0.2, 0) is 14.3 Å². The lowest BCUT2D eigenvalue weighted by atomic mass is 10.2. The highest BCUT2D eigenvalue weighted by molar-refractivity contribution is 5.94. The maximum Gasteiger partial charge on any atom is 0.413 e. The molecule has 1 aromatic carbocycles. The Hall–Kier alpha value is -2.08. The van der Waals surface area contributed by atoms with E-state index in [1.807, 2.05) is 0 Å². The Bertz CT molecular complexity index is 480. The number of nitrogens with zero attached hydrogens (tertiary/aromatic N) is 1. The number of carbonyl (C=O) groups is 2. The first-order valence-electron chi connectivity index (χ1n) is 6.46. The second-order valence-electron chi connectivity index (χ2n) is 4.57. The maximum absolute atomic E-state index is 11.9. The average molecular weight is 278 g/mol. The molecule has 0 bridgehead atoms. The van der Waals surface area contributed by atoms with Crippen LogP contribution < -0.4 is 10.2 Å². The van der Waals surface area contributed by atoms with E-state index in [1.54, 1.807) is 31.3 Å². The number of carbonyl (C=O) groups excluding carboxylic acids is 2. The fraction of sp³-hybridized carbons (Fsp3) is 0.429. The highest BCUT2D eigenvalue weighted by Crippen LogP contribution is 2.19. The van der Waals surface area contributed by atoms with E-state index in [4.69, 9.17) is 4.74 Å². The van der Waals surface area contributed by atoms with E-state index < -0.39 is 6.09 Å². The molecule has 0 saturated carbocycles. The second kappa shape index (κ2) is 6.38. The number of anilines is 2. The topological polar surface area (TPSA) is 67.9 Å². The van der Waals surface area contributed by atoms with E-state index in [9.17, 15) is 9.59 Å². The van der Waals surface area contributed by atoms with Crippen molar-refractivity contribution in [3.8, 4) is 0 Å². The lowest BCUT2D eigenvalue weighted by Gasteiger charge is -2.16. The summed E-state index contributed by atoms with van der Waals surface area (Å²) in [5.41, 5.74) is 1.36. The van der Waals surface area contributed by atoms with Crippen LogP contribution in [0.15, 0.2) is 24.3 Å². The Labute approximate surface area is 117 Å². The molecule has 1 N–H and O–H groups in total. The number of hydrogen-bond acceptors (Lipinski definition) is 4. The summed E-state index contributed by atoms with van der Waals surface area (Å²) in [6.07, 6.45) is 0.879. The minimum Gasteiger partial charge on any atom is -0.452 e. The molecule has 2 rings (SSSR count).